The largest absolute Gasteiger partial charge is 0.482 e. The zero-order chi connectivity index (χ0) is 10.1. The van der Waals surface area contributed by atoms with Crippen LogP contribution in [0.25, 0.3) is 0 Å². The Morgan fingerprint density at radius 2 is 2.57 bits per heavy atom. The molecule has 0 fully saturated rings. The molecule has 1 N–H and O–H groups in total. The lowest BCUT2D eigenvalue weighted by Crippen LogP contribution is -2.39. The number of likely N-dealkylation sites (N-methyl/N-ethyl adjacent to an activating group) is 1. The lowest BCUT2D eigenvalue weighted by Gasteiger charge is -2.32. The summed E-state index contributed by atoms with van der Waals surface area (Å²) in [5, 5.41) is 8.94. The van der Waals surface area contributed by atoms with E-state index >= 15 is 0 Å². The van der Waals surface area contributed by atoms with Crippen LogP contribution in [0.1, 0.15) is 0 Å². The van der Waals surface area contributed by atoms with Gasteiger partial charge in [0.2, 0.25) is 5.95 Å². The molecule has 1 aromatic heterocycles. The molecule has 0 radical (unpaired) electrons. The molecular formula is C9H11FN2O2. The zero-order valence-electron chi connectivity index (χ0n) is 7.77. The molecule has 0 aliphatic carbocycles. The van der Waals surface area contributed by atoms with Crippen molar-refractivity contribution < 1.29 is 14.2 Å². The molecule has 5 heteroatoms. The van der Waals surface area contributed by atoms with Gasteiger partial charge in [-0.15, -0.1) is 0 Å². The lowest BCUT2D eigenvalue weighted by atomic mass is 10.2. The fourth-order valence-corrected chi connectivity index (χ4v) is 1.51. The van der Waals surface area contributed by atoms with Gasteiger partial charge in [0, 0.05) is 13.1 Å². The SMILES string of the molecule is CN1CC(CO)Oc2cnc(F)cc21. The summed E-state index contributed by atoms with van der Waals surface area (Å²) in [6, 6.07) is 1.32. The monoisotopic (exact) mass is 198 g/mol. The first-order chi connectivity index (χ1) is 6.70. The number of aliphatic hydroxyl groups is 1. The predicted octanol–water partition coefficient (Wildman–Crippen LogP) is 0.410. The molecule has 14 heavy (non-hydrogen) atoms. The Balaban J connectivity index is 2.35. The molecule has 1 atom stereocenters. The summed E-state index contributed by atoms with van der Waals surface area (Å²) >= 11 is 0. The molecule has 1 aromatic rings. The highest BCUT2D eigenvalue weighted by Gasteiger charge is 2.23. The average Bonchev–Trinajstić information content (AvgIpc) is 2.19. The minimum atomic E-state index is -0.526. The van der Waals surface area contributed by atoms with Crippen LogP contribution in [0, 0.1) is 5.95 Å². The van der Waals surface area contributed by atoms with E-state index in [-0.39, 0.29) is 12.7 Å². The van der Waals surface area contributed by atoms with Crippen molar-refractivity contribution >= 4 is 5.69 Å². The number of halogens is 1. The molecule has 2 rings (SSSR count). The number of ether oxygens (including phenoxy) is 1. The van der Waals surface area contributed by atoms with Crippen LogP contribution >= 0.6 is 0 Å². The molecule has 0 aromatic carbocycles. The molecule has 1 aliphatic rings. The van der Waals surface area contributed by atoms with E-state index in [1.807, 2.05) is 11.9 Å². The fourth-order valence-electron chi connectivity index (χ4n) is 1.51. The minimum absolute atomic E-state index is 0.0544. The third-order valence-electron chi connectivity index (χ3n) is 2.20. The third-order valence-corrected chi connectivity index (χ3v) is 2.20. The second-order valence-corrected chi connectivity index (χ2v) is 3.28. The first-order valence-corrected chi connectivity index (χ1v) is 4.35. The Kier molecular flexibility index (Phi) is 2.25. The van der Waals surface area contributed by atoms with Gasteiger partial charge in [0.1, 0.15) is 6.10 Å². The number of hydrogen-bond acceptors (Lipinski definition) is 4. The number of rotatable bonds is 1. The van der Waals surface area contributed by atoms with Gasteiger partial charge in [-0.25, -0.2) is 4.98 Å². The summed E-state index contributed by atoms with van der Waals surface area (Å²) in [5.74, 6) is -0.0131. The van der Waals surface area contributed by atoms with Gasteiger partial charge in [0.25, 0.3) is 0 Å². The van der Waals surface area contributed by atoms with E-state index in [9.17, 15) is 4.39 Å². The van der Waals surface area contributed by atoms with E-state index in [0.717, 1.165) is 0 Å². The topological polar surface area (TPSA) is 45.6 Å². The fraction of sp³-hybridized carbons (Fsp3) is 0.444. The number of fused-ring (bicyclic) bond motifs is 1. The van der Waals surface area contributed by atoms with Crippen molar-refractivity contribution in [2.45, 2.75) is 6.10 Å². The molecule has 0 bridgehead atoms. The molecule has 0 saturated heterocycles. The van der Waals surface area contributed by atoms with Crippen LogP contribution in [0.2, 0.25) is 0 Å². The van der Waals surface area contributed by atoms with E-state index in [1.165, 1.54) is 12.3 Å². The second-order valence-electron chi connectivity index (χ2n) is 3.28. The molecule has 0 spiro atoms. The Labute approximate surface area is 80.9 Å². The molecule has 2 heterocycles. The number of hydrogen-bond donors (Lipinski definition) is 1. The average molecular weight is 198 g/mol. The van der Waals surface area contributed by atoms with E-state index in [2.05, 4.69) is 4.98 Å². The maximum Gasteiger partial charge on any atom is 0.215 e. The van der Waals surface area contributed by atoms with Gasteiger partial charge in [-0.1, -0.05) is 0 Å². The van der Waals surface area contributed by atoms with Gasteiger partial charge >= 0.3 is 0 Å². The Morgan fingerprint density at radius 1 is 1.79 bits per heavy atom. The van der Waals surface area contributed by atoms with Gasteiger partial charge in [0.05, 0.1) is 25.0 Å². The van der Waals surface area contributed by atoms with Crippen LogP contribution in [-0.2, 0) is 0 Å². The van der Waals surface area contributed by atoms with Crippen molar-refractivity contribution in [2.24, 2.45) is 0 Å². The molecule has 0 saturated carbocycles. The zero-order valence-corrected chi connectivity index (χ0v) is 7.77. The van der Waals surface area contributed by atoms with Crippen molar-refractivity contribution in [3.8, 4) is 5.75 Å². The third kappa shape index (κ3) is 1.50. The smallest absolute Gasteiger partial charge is 0.215 e. The summed E-state index contributed by atoms with van der Waals surface area (Å²) in [7, 11) is 1.82. The Bertz CT molecular complexity index is 346. The Morgan fingerprint density at radius 3 is 3.29 bits per heavy atom. The summed E-state index contributed by atoms with van der Waals surface area (Å²) in [4.78, 5) is 5.33. The summed E-state index contributed by atoms with van der Waals surface area (Å²) in [6.07, 6.45) is 1.07. The van der Waals surface area contributed by atoms with Gasteiger partial charge in [0.15, 0.2) is 5.75 Å². The highest BCUT2D eigenvalue weighted by molar-refractivity contribution is 5.58. The second kappa shape index (κ2) is 3.42. The van der Waals surface area contributed by atoms with Gasteiger partial charge in [-0.3, -0.25) is 0 Å². The first kappa shape index (κ1) is 9.21. The van der Waals surface area contributed by atoms with Crippen LogP contribution in [0.15, 0.2) is 12.3 Å². The maximum absolute atomic E-state index is 12.8. The molecule has 1 aliphatic heterocycles. The van der Waals surface area contributed by atoms with Crippen molar-refractivity contribution in [1.29, 1.82) is 0 Å². The molecule has 76 valence electrons. The molecular weight excluding hydrogens is 187 g/mol. The van der Waals surface area contributed by atoms with E-state index in [0.29, 0.717) is 18.0 Å². The first-order valence-electron chi connectivity index (χ1n) is 4.35. The number of anilines is 1. The minimum Gasteiger partial charge on any atom is -0.482 e. The molecule has 4 nitrogen and oxygen atoms in total. The van der Waals surface area contributed by atoms with Crippen molar-refractivity contribution in [1.82, 2.24) is 4.98 Å². The number of pyridine rings is 1. The van der Waals surface area contributed by atoms with Crippen molar-refractivity contribution in [3.63, 3.8) is 0 Å². The van der Waals surface area contributed by atoms with Gasteiger partial charge in [-0.2, -0.15) is 4.39 Å². The highest BCUT2D eigenvalue weighted by atomic mass is 19.1. The van der Waals surface area contributed by atoms with Gasteiger partial charge < -0.3 is 14.7 Å². The number of aliphatic hydroxyl groups excluding tert-OH is 1. The van der Waals surface area contributed by atoms with Crippen LogP contribution in [0.3, 0.4) is 0 Å². The molecule has 1 unspecified atom stereocenters. The quantitative estimate of drug-likeness (QED) is 0.664. The van der Waals surface area contributed by atoms with Crippen LogP contribution in [-0.4, -0.2) is 36.4 Å². The number of aromatic nitrogens is 1. The van der Waals surface area contributed by atoms with Crippen LogP contribution in [0.4, 0.5) is 10.1 Å². The van der Waals surface area contributed by atoms with E-state index in [1.54, 1.807) is 0 Å². The predicted molar refractivity (Wildman–Crippen MR) is 49.0 cm³/mol. The lowest BCUT2D eigenvalue weighted by molar-refractivity contribution is 0.113. The maximum atomic E-state index is 12.8. The van der Waals surface area contributed by atoms with Crippen molar-refractivity contribution in [2.75, 3.05) is 25.1 Å². The Hall–Kier alpha value is -1.36. The molecule has 0 amide bonds. The normalized spacial score (nSPS) is 20.2. The number of nitrogens with zero attached hydrogens (tertiary/aromatic N) is 2. The summed E-state index contributed by atoms with van der Waals surface area (Å²) in [6.45, 7) is 0.494. The van der Waals surface area contributed by atoms with Gasteiger partial charge in [-0.05, 0) is 0 Å². The van der Waals surface area contributed by atoms with Crippen LogP contribution in [0.5, 0.6) is 5.75 Å². The highest BCUT2D eigenvalue weighted by Crippen LogP contribution is 2.31. The van der Waals surface area contributed by atoms with Crippen molar-refractivity contribution in [3.05, 3.63) is 18.2 Å². The van der Waals surface area contributed by atoms with E-state index in [4.69, 9.17) is 9.84 Å². The standard InChI is InChI=1S/C9H11FN2O2/c1-12-4-6(5-13)14-8-3-11-9(10)2-7(8)12/h2-3,6,13H,4-5H2,1H3. The summed E-state index contributed by atoms with van der Waals surface area (Å²) < 4.78 is 18.2. The summed E-state index contributed by atoms with van der Waals surface area (Å²) in [5.41, 5.74) is 0.669. The van der Waals surface area contributed by atoms with E-state index < -0.39 is 5.95 Å². The van der Waals surface area contributed by atoms with Crippen LogP contribution < -0.4 is 9.64 Å².